The minimum Gasteiger partial charge on any atom is -0.335 e. The third-order valence-electron chi connectivity index (χ3n) is 4.79. The zero-order chi connectivity index (χ0) is 18.7. The van der Waals surface area contributed by atoms with Crippen molar-refractivity contribution >= 4 is 11.7 Å². The van der Waals surface area contributed by atoms with Crippen molar-refractivity contribution in [1.29, 1.82) is 0 Å². The Kier molecular flexibility index (Phi) is 5.20. The second-order valence-corrected chi connectivity index (χ2v) is 8.03. The molecule has 1 aromatic heterocycles. The number of piperidine rings is 1. The van der Waals surface area contributed by atoms with E-state index in [1.807, 2.05) is 16.9 Å². The molecule has 0 bridgehead atoms. The second-order valence-electron chi connectivity index (χ2n) is 8.03. The Morgan fingerprint density at radius 1 is 1.19 bits per heavy atom. The van der Waals surface area contributed by atoms with Gasteiger partial charge >= 0.3 is 0 Å². The van der Waals surface area contributed by atoms with Crippen LogP contribution >= 0.6 is 0 Å². The molecule has 3 rings (SSSR count). The van der Waals surface area contributed by atoms with Crippen molar-refractivity contribution in [1.82, 2.24) is 19.9 Å². The van der Waals surface area contributed by atoms with Gasteiger partial charge in [0.25, 0.3) is 5.91 Å². The Morgan fingerprint density at radius 2 is 1.92 bits per heavy atom. The fourth-order valence-corrected chi connectivity index (χ4v) is 3.25. The molecule has 0 spiro atoms. The molecule has 1 amide bonds. The summed E-state index contributed by atoms with van der Waals surface area (Å²) in [5, 5.41) is 8.48. The Labute approximate surface area is 154 Å². The van der Waals surface area contributed by atoms with Gasteiger partial charge in [-0.1, -0.05) is 56.3 Å². The topological polar surface area (TPSA) is 68.1 Å². The van der Waals surface area contributed by atoms with Gasteiger partial charge < -0.3 is 4.90 Å². The van der Waals surface area contributed by atoms with Crippen LogP contribution in [0, 0.1) is 5.92 Å². The fourth-order valence-electron chi connectivity index (χ4n) is 3.25. The third-order valence-corrected chi connectivity index (χ3v) is 4.79. The highest BCUT2D eigenvalue weighted by Crippen LogP contribution is 2.22. The lowest BCUT2D eigenvalue weighted by Crippen LogP contribution is -2.44. The normalized spacial score (nSPS) is 18.0. The van der Waals surface area contributed by atoms with Crippen LogP contribution in [0.4, 0.5) is 0 Å². The van der Waals surface area contributed by atoms with E-state index in [0.717, 1.165) is 18.5 Å². The highest BCUT2D eigenvalue weighted by atomic mass is 16.2. The molecular formula is C20H26N4O2. The van der Waals surface area contributed by atoms with E-state index in [1.54, 1.807) is 29.2 Å². The van der Waals surface area contributed by atoms with Crippen LogP contribution in [-0.4, -0.2) is 44.7 Å². The van der Waals surface area contributed by atoms with Crippen molar-refractivity contribution in [2.24, 2.45) is 5.92 Å². The van der Waals surface area contributed by atoms with Crippen LogP contribution in [0.2, 0.25) is 0 Å². The average molecular weight is 354 g/mol. The van der Waals surface area contributed by atoms with Gasteiger partial charge in [0, 0.05) is 36.8 Å². The number of carbonyl (C=O) groups is 2. The number of nitrogens with zero attached hydrogens (tertiary/aromatic N) is 4. The van der Waals surface area contributed by atoms with Gasteiger partial charge in [0.1, 0.15) is 0 Å². The molecule has 1 aliphatic heterocycles. The van der Waals surface area contributed by atoms with E-state index in [0.29, 0.717) is 25.2 Å². The SMILES string of the molecule is CC(C)(C)c1cn(CC2CCCN(C(=O)C(=O)c3ccccc3)C2)nn1. The summed E-state index contributed by atoms with van der Waals surface area (Å²) in [5.74, 6) is -0.553. The predicted molar refractivity (Wildman–Crippen MR) is 98.8 cm³/mol. The lowest BCUT2D eigenvalue weighted by Gasteiger charge is -2.32. The molecule has 1 saturated heterocycles. The van der Waals surface area contributed by atoms with E-state index in [2.05, 4.69) is 31.1 Å². The van der Waals surface area contributed by atoms with Gasteiger partial charge in [0.05, 0.1) is 5.69 Å². The van der Waals surface area contributed by atoms with Gasteiger partial charge in [-0.15, -0.1) is 5.10 Å². The van der Waals surface area contributed by atoms with Crippen molar-refractivity contribution in [3.05, 3.63) is 47.8 Å². The molecule has 1 aromatic carbocycles. The molecule has 2 aromatic rings. The first-order valence-electron chi connectivity index (χ1n) is 9.14. The molecule has 6 heteroatoms. The Bertz CT molecular complexity index is 777. The number of rotatable bonds is 4. The van der Waals surface area contributed by atoms with E-state index in [9.17, 15) is 9.59 Å². The molecule has 138 valence electrons. The maximum Gasteiger partial charge on any atom is 0.294 e. The summed E-state index contributed by atoms with van der Waals surface area (Å²) in [6.45, 7) is 8.26. The smallest absolute Gasteiger partial charge is 0.294 e. The molecule has 6 nitrogen and oxygen atoms in total. The van der Waals surface area contributed by atoms with Crippen LogP contribution in [0.5, 0.6) is 0 Å². The lowest BCUT2D eigenvalue weighted by molar-refractivity contribution is -0.128. The standard InChI is InChI=1S/C20H26N4O2/c1-20(2,3)17-14-24(22-21-17)13-15-8-7-11-23(12-15)19(26)18(25)16-9-5-4-6-10-16/h4-6,9-10,14-15H,7-8,11-13H2,1-3H3. The molecule has 1 unspecified atom stereocenters. The van der Waals surface area contributed by atoms with Crippen molar-refractivity contribution in [2.45, 2.75) is 45.6 Å². The van der Waals surface area contributed by atoms with E-state index in [4.69, 9.17) is 0 Å². The lowest BCUT2D eigenvalue weighted by atomic mass is 9.93. The molecule has 0 aliphatic carbocycles. The van der Waals surface area contributed by atoms with Crippen LogP contribution in [0.25, 0.3) is 0 Å². The minimum atomic E-state index is -0.429. The van der Waals surface area contributed by atoms with Crippen LogP contribution < -0.4 is 0 Å². The number of Topliss-reactive ketones (excluding diaryl/α,β-unsaturated/α-hetero) is 1. The summed E-state index contributed by atoms with van der Waals surface area (Å²) in [7, 11) is 0. The second kappa shape index (κ2) is 7.40. The monoisotopic (exact) mass is 354 g/mol. The number of likely N-dealkylation sites (tertiary alicyclic amines) is 1. The van der Waals surface area contributed by atoms with Crippen LogP contribution in [0.1, 0.15) is 49.7 Å². The van der Waals surface area contributed by atoms with Gasteiger partial charge in [-0.05, 0) is 18.8 Å². The van der Waals surface area contributed by atoms with E-state index < -0.39 is 11.7 Å². The zero-order valence-electron chi connectivity index (χ0n) is 15.7. The van der Waals surface area contributed by atoms with E-state index in [-0.39, 0.29) is 11.3 Å². The first kappa shape index (κ1) is 18.3. The Morgan fingerprint density at radius 3 is 2.58 bits per heavy atom. The number of hydrogen-bond acceptors (Lipinski definition) is 4. The maximum atomic E-state index is 12.6. The minimum absolute atomic E-state index is 0.0328. The van der Waals surface area contributed by atoms with E-state index >= 15 is 0 Å². The predicted octanol–water partition coefficient (Wildman–Crippen LogP) is 2.70. The summed E-state index contributed by atoms with van der Waals surface area (Å²) < 4.78 is 1.86. The number of amides is 1. The first-order valence-corrected chi connectivity index (χ1v) is 9.14. The van der Waals surface area contributed by atoms with Crippen molar-refractivity contribution in [2.75, 3.05) is 13.1 Å². The Balaban J connectivity index is 1.63. The molecule has 2 heterocycles. The van der Waals surface area contributed by atoms with Crippen LogP contribution in [0.3, 0.4) is 0 Å². The van der Waals surface area contributed by atoms with Crippen molar-refractivity contribution in [3.63, 3.8) is 0 Å². The maximum absolute atomic E-state index is 12.6. The van der Waals surface area contributed by atoms with Gasteiger partial charge in [-0.3, -0.25) is 14.3 Å². The molecular weight excluding hydrogens is 328 g/mol. The van der Waals surface area contributed by atoms with Gasteiger partial charge in [0.2, 0.25) is 5.78 Å². The van der Waals surface area contributed by atoms with Crippen LogP contribution in [0.15, 0.2) is 36.5 Å². The van der Waals surface area contributed by atoms with Gasteiger partial charge in [-0.2, -0.15) is 0 Å². The molecule has 26 heavy (non-hydrogen) atoms. The molecule has 1 fully saturated rings. The van der Waals surface area contributed by atoms with Crippen LogP contribution in [-0.2, 0) is 16.8 Å². The number of benzene rings is 1. The molecule has 1 aliphatic rings. The molecule has 1 atom stereocenters. The first-order chi connectivity index (χ1) is 12.3. The highest BCUT2D eigenvalue weighted by molar-refractivity contribution is 6.42. The number of ketones is 1. The largest absolute Gasteiger partial charge is 0.335 e. The summed E-state index contributed by atoms with van der Waals surface area (Å²) in [6, 6.07) is 8.76. The third kappa shape index (κ3) is 4.18. The average Bonchev–Trinajstić information content (AvgIpc) is 3.10. The Hall–Kier alpha value is -2.50. The summed E-state index contributed by atoms with van der Waals surface area (Å²) in [6.07, 6.45) is 3.91. The number of aromatic nitrogens is 3. The summed E-state index contributed by atoms with van der Waals surface area (Å²) in [4.78, 5) is 26.7. The molecule has 0 saturated carbocycles. The van der Waals surface area contributed by atoms with Crippen molar-refractivity contribution < 1.29 is 9.59 Å². The number of hydrogen-bond donors (Lipinski definition) is 0. The summed E-state index contributed by atoms with van der Waals surface area (Å²) in [5.41, 5.74) is 1.38. The number of carbonyl (C=O) groups excluding carboxylic acids is 2. The van der Waals surface area contributed by atoms with Crippen molar-refractivity contribution in [3.8, 4) is 0 Å². The zero-order valence-corrected chi connectivity index (χ0v) is 15.7. The summed E-state index contributed by atoms with van der Waals surface area (Å²) >= 11 is 0. The fraction of sp³-hybridized carbons (Fsp3) is 0.500. The molecule has 0 N–H and O–H groups in total. The molecule has 0 radical (unpaired) electrons. The van der Waals surface area contributed by atoms with Gasteiger partial charge in [-0.25, -0.2) is 0 Å². The van der Waals surface area contributed by atoms with Gasteiger partial charge in [0.15, 0.2) is 0 Å². The highest BCUT2D eigenvalue weighted by Gasteiger charge is 2.29. The van der Waals surface area contributed by atoms with E-state index in [1.165, 1.54) is 0 Å². The quantitative estimate of drug-likeness (QED) is 0.625.